The molecular weight excluding hydrogens is 361 g/mol. The van der Waals surface area contributed by atoms with Crippen molar-refractivity contribution in [1.29, 1.82) is 0 Å². The predicted octanol–water partition coefficient (Wildman–Crippen LogP) is 3.61. The number of esters is 1. The summed E-state index contributed by atoms with van der Waals surface area (Å²) in [5.41, 5.74) is 1.65. The number of anilines is 1. The predicted molar refractivity (Wildman–Crippen MR) is 94.5 cm³/mol. The number of aromatic nitrogens is 2. The molecular formula is C18H13ClFN3O3. The van der Waals surface area contributed by atoms with Gasteiger partial charge in [-0.1, -0.05) is 11.6 Å². The van der Waals surface area contributed by atoms with E-state index in [4.69, 9.17) is 16.3 Å². The Kier molecular flexibility index (Phi) is 5.09. The summed E-state index contributed by atoms with van der Waals surface area (Å²) in [6.45, 7) is 1.42. The number of carbonyl (C=O) groups excluding carboxylic acids is 2. The zero-order valence-electron chi connectivity index (χ0n) is 13.6. The molecule has 1 amide bonds. The molecule has 8 heteroatoms. The number of amides is 1. The van der Waals surface area contributed by atoms with Gasteiger partial charge in [0.1, 0.15) is 5.82 Å². The Morgan fingerprint density at radius 3 is 2.58 bits per heavy atom. The summed E-state index contributed by atoms with van der Waals surface area (Å²) < 4.78 is 18.2. The Hall–Kier alpha value is -3.06. The van der Waals surface area contributed by atoms with E-state index in [0.717, 1.165) is 12.1 Å². The molecule has 26 heavy (non-hydrogen) atoms. The molecule has 0 aliphatic carbocycles. The van der Waals surface area contributed by atoms with Crippen LogP contribution in [0.2, 0.25) is 5.02 Å². The molecule has 0 unspecified atom stereocenters. The van der Waals surface area contributed by atoms with E-state index in [1.807, 2.05) is 0 Å². The van der Waals surface area contributed by atoms with Crippen molar-refractivity contribution >= 4 is 40.2 Å². The number of rotatable bonds is 4. The smallest absolute Gasteiger partial charge is 0.338 e. The molecule has 3 aromatic rings. The zero-order valence-corrected chi connectivity index (χ0v) is 14.3. The number of hydrogen-bond donors (Lipinski definition) is 1. The molecule has 0 fully saturated rings. The van der Waals surface area contributed by atoms with E-state index in [0.29, 0.717) is 11.0 Å². The molecule has 0 aliphatic rings. The van der Waals surface area contributed by atoms with E-state index in [2.05, 4.69) is 15.3 Å². The number of benzene rings is 2. The van der Waals surface area contributed by atoms with Crippen LogP contribution in [0.1, 0.15) is 17.3 Å². The summed E-state index contributed by atoms with van der Waals surface area (Å²) in [5, 5.41) is 2.53. The van der Waals surface area contributed by atoms with Crippen molar-refractivity contribution in [3.05, 3.63) is 65.2 Å². The van der Waals surface area contributed by atoms with Gasteiger partial charge in [-0.05, 0) is 43.3 Å². The molecule has 6 nitrogen and oxygen atoms in total. The topological polar surface area (TPSA) is 81.2 Å². The molecule has 0 radical (unpaired) electrons. The highest BCUT2D eigenvalue weighted by molar-refractivity contribution is 6.33. The monoisotopic (exact) mass is 373 g/mol. The lowest BCUT2D eigenvalue weighted by Crippen LogP contribution is -2.30. The molecule has 1 N–H and O–H groups in total. The van der Waals surface area contributed by atoms with E-state index in [9.17, 15) is 14.0 Å². The van der Waals surface area contributed by atoms with Gasteiger partial charge in [0, 0.05) is 12.4 Å². The lowest BCUT2D eigenvalue weighted by Gasteiger charge is -2.14. The minimum Gasteiger partial charge on any atom is -0.449 e. The minimum absolute atomic E-state index is 0.0463. The molecule has 0 bridgehead atoms. The fourth-order valence-electron chi connectivity index (χ4n) is 2.20. The molecule has 0 aliphatic heterocycles. The number of hydrogen-bond acceptors (Lipinski definition) is 5. The van der Waals surface area contributed by atoms with Crippen molar-refractivity contribution in [3.8, 4) is 0 Å². The minimum atomic E-state index is -1.08. The van der Waals surface area contributed by atoms with Gasteiger partial charge < -0.3 is 10.1 Å². The molecule has 0 saturated carbocycles. The van der Waals surface area contributed by atoms with Gasteiger partial charge in [0.2, 0.25) is 0 Å². The molecule has 0 spiro atoms. The van der Waals surface area contributed by atoms with Gasteiger partial charge in [-0.2, -0.15) is 0 Å². The highest BCUT2D eigenvalue weighted by Crippen LogP contribution is 2.22. The summed E-state index contributed by atoms with van der Waals surface area (Å²) in [5.74, 6) is -1.79. The van der Waals surface area contributed by atoms with Crippen molar-refractivity contribution < 1.29 is 18.7 Å². The molecule has 2 aromatic carbocycles. The first-order chi connectivity index (χ1) is 12.4. The number of carbonyl (C=O) groups is 2. The number of ether oxygens (including phenoxy) is 1. The average molecular weight is 374 g/mol. The van der Waals surface area contributed by atoms with Crippen molar-refractivity contribution in [2.75, 3.05) is 5.32 Å². The lowest BCUT2D eigenvalue weighted by atomic mass is 10.2. The summed E-state index contributed by atoms with van der Waals surface area (Å²) in [6, 6.07) is 8.28. The Labute approximate surface area is 153 Å². The molecule has 1 heterocycles. The maximum atomic E-state index is 13.0. The lowest BCUT2D eigenvalue weighted by molar-refractivity contribution is -0.123. The van der Waals surface area contributed by atoms with Crippen LogP contribution in [0.3, 0.4) is 0 Å². The standard InChI is InChI=1S/C18H13ClFN3O3/c1-10(17(24)23-14-5-3-12(20)9-13(14)19)26-18(25)11-2-4-15-16(8-11)22-7-6-21-15/h2-10H,1H3,(H,23,24)/t10-/m0/s1. The van der Waals surface area contributed by atoms with Crippen LogP contribution in [0, 0.1) is 5.82 Å². The molecule has 132 valence electrons. The Morgan fingerprint density at radius 1 is 1.12 bits per heavy atom. The van der Waals surface area contributed by atoms with Gasteiger partial charge >= 0.3 is 5.97 Å². The number of fused-ring (bicyclic) bond motifs is 1. The van der Waals surface area contributed by atoms with Crippen molar-refractivity contribution in [1.82, 2.24) is 9.97 Å². The third kappa shape index (κ3) is 3.94. The number of halogens is 2. The second-order valence-corrected chi connectivity index (χ2v) is 5.83. The molecule has 1 aromatic heterocycles. The first-order valence-corrected chi connectivity index (χ1v) is 7.99. The van der Waals surface area contributed by atoms with Gasteiger partial charge in [0.15, 0.2) is 6.10 Å². The van der Waals surface area contributed by atoms with Crippen LogP contribution in [0.25, 0.3) is 11.0 Å². The van der Waals surface area contributed by atoms with E-state index in [1.54, 1.807) is 18.3 Å². The van der Waals surface area contributed by atoms with Crippen LogP contribution >= 0.6 is 11.6 Å². The van der Waals surface area contributed by atoms with Gasteiger partial charge in [0.05, 0.1) is 27.3 Å². The van der Waals surface area contributed by atoms with Crippen molar-refractivity contribution in [2.24, 2.45) is 0 Å². The van der Waals surface area contributed by atoms with Crippen LogP contribution in [0.4, 0.5) is 10.1 Å². The SMILES string of the molecule is C[C@H](OC(=O)c1ccc2nccnc2c1)C(=O)Nc1ccc(F)cc1Cl. The fraction of sp³-hybridized carbons (Fsp3) is 0.111. The van der Waals surface area contributed by atoms with Crippen LogP contribution < -0.4 is 5.32 Å². The van der Waals surface area contributed by atoms with E-state index >= 15 is 0 Å². The van der Waals surface area contributed by atoms with E-state index < -0.39 is 23.8 Å². The van der Waals surface area contributed by atoms with Crippen LogP contribution in [-0.2, 0) is 9.53 Å². The highest BCUT2D eigenvalue weighted by atomic mass is 35.5. The maximum absolute atomic E-state index is 13.0. The summed E-state index contributed by atoms with van der Waals surface area (Å²) >= 11 is 5.86. The quantitative estimate of drug-likeness (QED) is 0.706. The first-order valence-electron chi connectivity index (χ1n) is 7.62. The summed E-state index contributed by atoms with van der Waals surface area (Å²) in [7, 11) is 0. The van der Waals surface area contributed by atoms with Crippen molar-refractivity contribution in [3.63, 3.8) is 0 Å². The third-order valence-electron chi connectivity index (χ3n) is 3.55. The van der Waals surface area contributed by atoms with Crippen LogP contribution in [-0.4, -0.2) is 27.9 Å². The molecule has 3 rings (SSSR count). The van der Waals surface area contributed by atoms with E-state index in [1.165, 1.54) is 25.3 Å². The first kappa shape index (κ1) is 17.8. The second kappa shape index (κ2) is 7.45. The average Bonchev–Trinajstić information content (AvgIpc) is 2.63. The van der Waals surface area contributed by atoms with Crippen molar-refractivity contribution in [2.45, 2.75) is 13.0 Å². The fourth-order valence-corrected chi connectivity index (χ4v) is 2.41. The van der Waals surface area contributed by atoms with Gasteiger partial charge in [-0.25, -0.2) is 9.18 Å². The van der Waals surface area contributed by atoms with Crippen LogP contribution in [0.15, 0.2) is 48.8 Å². The highest BCUT2D eigenvalue weighted by Gasteiger charge is 2.20. The summed E-state index contributed by atoms with van der Waals surface area (Å²) in [6.07, 6.45) is 1.98. The Morgan fingerprint density at radius 2 is 1.85 bits per heavy atom. The molecule has 0 saturated heterocycles. The number of nitrogens with zero attached hydrogens (tertiary/aromatic N) is 2. The Bertz CT molecular complexity index is 996. The second-order valence-electron chi connectivity index (χ2n) is 5.42. The van der Waals surface area contributed by atoms with Gasteiger partial charge in [0.25, 0.3) is 5.91 Å². The number of nitrogens with one attached hydrogen (secondary N) is 1. The van der Waals surface area contributed by atoms with E-state index in [-0.39, 0.29) is 16.3 Å². The maximum Gasteiger partial charge on any atom is 0.338 e. The Balaban J connectivity index is 1.68. The van der Waals surface area contributed by atoms with Crippen LogP contribution in [0.5, 0.6) is 0 Å². The van der Waals surface area contributed by atoms with Gasteiger partial charge in [-0.3, -0.25) is 14.8 Å². The summed E-state index contributed by atoms with van der Waals surface area (Å²) in [4.78, 5) is 32.6. The largest absolute Gasteiger partial charge is 0.449 e. The molecule has 1 atom stereocenters. The van der Waals surface area contributed by atoms with Gasteiger partial charge in [-0.15, -0.1) is 0 Å². The third-order valence-corrected chi connectivity index (χ3v) is 3.86. The normalized spacial score (nSPS) is 11.8. The zero-order chi connectivity index (χ0) is 18.7.